The Morgan fingerprint density at radius 2 is 1.91 bits per heavy atom. The molecule has 0 fully saturated rings. The predicted molar refractivity (Wildman–Crippen MR) is 135 cm³/mol. The number of thioether (sulfide) groups is 1. The molecule has 0 saturated heterocycles. The van der Waals surface area contributed by atoms with Gasteiger partial charge in [0.25, 0.3) is 5.91 Å². The monoisotopic (exact) mass is 456 g/mol. The Hall–Kier alpha value is -3.58. The van der Waals surface area contributed by atoms with E-state index in [2.05, 4.69) is 15.6 Å². The fourth-order valence-corrected chi connectivity index (χ4v) is 4.88. The van der Waals surface area contributed by atoms with Crippen LogP contribution in [0.25, 0.3) is 17.0 Å². The van der Waals surface area contributed by atoms with Crippen LogP contribution in [0, 0.1) is 12.3 Å². The van der Waals surface area contributed by atoms with Gasteiger partial charge in [0.2, 0.25) is 0 Å². The molecule has 0 radical (unpaired) electrons. The average molecular weight is 457 g/mol. The average Bonchev–Trinajstić information content (AvgIpc) is 3.35. The number of rotatable bonds is 6. The molecule has 0 saturated carbocycles. The highest BCUT2D eigenvalue weighted by molar-refractivity contribution is 8.17. The van der Waals surface area contributed by atoms with Crippen molar-refractivity contribution in [2.45, 2.75) is 26.8 Å². The summed E-state index contributed by atoms with van der Waals surface area (Å²) in [5, 5.41) is 10.2. The number of aryl methyl sites for hydroxylation is 2. The van der Waals surface area contributed by atoms with Gasteiger partial charge in [0.05, 0.1) is 12.2 Å². The summed E-state index contributed by atoms with van der Waals surface area (Å²) in [5.74, 6) is 0.710. The predicted octanol–water partition coefficient (Wildman–Crippen LogP) is 5.59. The van der Waals surface area contributed by atoms with Gasteiger partial charge in [-0.25, -0.2) is 0 Å². The minimum Gasteiger partial charge on any atom is -0.493 e. The molecule has 1 amide bonds. The van der Waals surface area contributed by atoms with Gasteiger partial charge in [-0.3, -0.25) is 15.1 Å². The Labute approximate surface area is 196 Å². The topological polar surface area (TPSA) is 70.7 Å². The van der Waals surface area contributed by atoms with Crippen LogP contribution >= 0.6 is 11.8 Å². The number of carbonyl (C=O) groups is 1. The molecule has 1 N–H and O–H groups in total. The first-order chi connectivity index (χ1) is 16.0. The summed E-state index contributed by atoms with van der Waals surface area (Å²) in [6.07, 6.45) is 6.54. The van der Waals surface area contributed by atoms with Crippen molar-refractivity contribution >= 4 is 45.7 Å². The number of para-hydroxylation sites is 2. The Morgan fingerprint density at radius 1 is 1.12 bits per heavy atom. The van der Waals surface area contributed by atoms with Crippen molar-refractivity contribution in [2.75, 3.05) is 6.61 Å². The molecule has 0 unspecified atom stereocenters. The minimum absolute atomic E-state index is 0.165. The van der Waals surface area contributed by atoms with Crippen LogP contribution < -0.4 is 4.74 Å². The highest BCUT2D eigenvalue weighted by Crippen LogP contribution is 2.33. The number of amidine groups is 2. The van der Waals surface area contributed by atoms with Gasteiger partial charge in [0, 0.05) is 40.3 Å². The number of aromatic nitrogens is 1. The van der Waals surface area contributed by atoms with Crippen molar-refractivity contribution < 1.29 is 9.53 Å². The van der Waals surface area contributed by atoms with Crippen LogP contribution in [-0.4, -0.2) is 33.0 Å². The van der Waals surface area contributed by atoms with Crippen molar-refractivity contribution in [1.82, 2.24) is 9.47 Å². The van der Waals surface area contributed by atoms with Crippen LogP contribution in [0.15, 0.2) is 76.4 Å². The van der Waals surface area contributed by atoms with Gasteiger partial charge in [-0.2, -0.15) is 4.99 Å². The fraction of sp³-hybridized carbons (Fsp3) is 0.192. The number of nitrogens with one attached hydrogen (secondary N) is 1. The Kier molecular flexibility index (Phi) is 5.64. The third kappa shape index (κ3) is 4.12. The van der Waals surface area contributed by atoms with Crippen molar-refractivity contribution in [2.24, 2.45) is 4.99 Å². The number of amides is 1. The van der Waals surface area contributed by atoms with Gasteiger partial charge in [0.15, 0.2) is 5.17 Å². The zero-order valence-electron chi connectivity index (χ0n) is 18.5. The standard InChI is InChI=1S/C26H24N4O2S/c1-17-8-3-6-11-23(17)32-13-7-12-29-16-19(20-9-4-5-10-22(20)29)14-21-24(27)30-15-18(2)33-26(30)28-25(21)31/h3-6,8-11,14-16,27H,7,12-13H2,1-2H3. The molecule has 7 heteroatoms. The summed E-state index contributed by atoms with van der Waals surface area (Å²) in [6.45, 7) is 5.40. The van der Waals surface area contributed by atoms with Gasteiger partial charge < -0.3 is 9.30 Å². The third-order valence-corrected chi connectivity index (χ3v) is 6.60. The SMILES string of the molecule is CC1=CN2C(=N)C(=Cc3cn(CCCOc4ccccc4C)c4ccccc34)C(=O)N=C2S1. The van der Waals surface area contributed by atoms with E-state index < -0.39 is 0 Å². The van der Waals surface area contributed by atoms with Crippen LogP contribution in [0.4, 0.5) is 0 Å². The smallest absolute Gasteiger partial charge is 0.283 e. The van der Waals surface area contributed by atoms with Gasteiger partial charge in [-0.15, -0.1) is 0 Å². The van der Waals surface area contributed by atoms with Crippen LogP contribution in [0.2, 0.25) is 0 Å². The highest BCUT2D eigenvalue weighted by atomic mass is 32.2. The maximum atomic E-state index is 12.7. The van der Waals surface area contributed by atoms with E-state index in [4.69, 9.17) is 10.1 Å². The molecule has 0 bridgehead atoms. The molecule has 6 nitrogen and oxygen atoms in total. The molecule has 5 rings (SSSR count). The summed E-state index contributed by atoms with van der Waals surface area (Å²) < 4.78 is 8.13. The second-order valence-corrected chi connectivity index (χ2v) is 9.29. The molecular formula is C26H24N4O2S. The number of ether oxygens (including phenoxy) is 1. The molecule has 0 atom stereocenters. The Morgan fingerprint density at radius 3 is 2.76 bits per heavy atom. The molecular weight excluding hydrogens is 432 g/mol. The summed E-state index contributed by atoms with van der Waals surface area (Å²) in [4.78, 5) is 19.6. The van der Waals surface area contributed by atoms with Gasteiger partial charge in [0.1, 0.15) is 11.6 Å². The quantitative estimate of drug-likeness (QED) is 0.388. The van der Waals surface area contributed by atoms with E-state index in [1.807, 2.05) is 68.7 Å². The molecule has 166 valence electrons. The number of allylic oxidation sites excluding steroid dienone is 1. The molecule has 0 aliphatic carbocycles. The van der Waals surface area contributed by atoms with E-state index in [-0.39, 0.29) is 11.7 Å². The lowest BCUT2D eigenvalue weighted by atomic mass is 10.1. The molecule has 2 aliphatic heterocycles. The number of aliphatic imine (C=N–C) groups is 1. The molecule has 2 aliphatic rings. The summed E-state index contributed by atoms with van der Waals surface area (Å²) in [7, 11) is 0. The second-order valence-electron chi connectivity index (χ2n) is 8.08. The third-order valence-electron chi connectivity index (χ3n) is 5.71. The Balaban J connectivity index is 1.38. The first-order valence-electron chi connectivity index (χ1n) is 10.9. The number of carbonyl (C=O) groups excluding carboxylic acids is 1. The van der Waals surface area contributed by atoms with E-state index in [9.17, 15) is 4.79 Å². The van der Waals surface area contributed by atoms with Gasteiger partial charge in [-0.1, -0.05) is 48.2 Å². The maximum absolute atomic E-state index is 12.7. The first kappa shape index (κ1) is 21.3. The van der Waals surface area contributed by atoms with Crippen molar-refractivity contribution in [1.29, 1.82) is 5.41 Å². The zero-order valence-corrected chi connectivity index (χ0v) is 19.4. The molecule has 33 heavy (non-hydrogen) atoms. The Bertz CT molecular complexity index is 1370. The molecule has 1 aromatic heterocycles. The number of nitrogens with zero attached hydrogens (tertiary/aromatic N) is 3. The lowest BCUT2D eigenvalue weighted by molar-refractivity contribution is -0.114. The van der Waals surface area contributed by atoms with Crippen LogP contribution in [0.3, 0.4) is 0 Å². The normalized spacial score (nSPS) is 16.9. The van der Waals surface area contributed by atoms with E-state index in [0.717, 1.165) is 45.7 Å². The van der Waals surface area contributed by atoms with Crippen LogP contribution in [0.1, 0.15) is 24.5 Å². The minimum atomic E-state index is -0.370. The van der Waals surface area contributed by atoms with E-state index >= 15 is 0 Å². The zero-order chi connectivity index (χ0) is 22.9. The number of hydrogen-bond donors (Lipinski definition) is 1. The largest absolute Gasteiger partial charge is 0.493 e. The van der Waals surface area contributed by atoms with Crippen molar-refractivity contribution in [3.63, 3.8) is 0 Å². The maximum Gasteiger partial charge on any atom is 0.283 e. The molecule has 3 heterocycles. The lowest BCUT2D eigenvalue weighted by Gasteiger charge is -2.22. The highest BCUT2D eigenvalue weighted by Gasteiger charge is 2.33. The first-order valence-corrected chi connectivity index (χ1v) is 11.7. The van der Waals surface area contributed by atoms with Gasteiger partial charge in [-0.05, 0) is 44.0 Å². The van der Waals surface area contributed by atoms with E-state index in [1.165, 1.54) is 11.8 Å². The summed E-state index contributed by atoms with van der Waals surface area (Å²) in [5.41, 5.74) is 3.43. The summed E-state index contributed by atoms with van der Waals surface area (Å²) >= 11 is 1.41. The number of fused-ring (bicyclic) bond motifs is 2. The second kappa shape index (κ2) is 8.75. The van der Waals surface area contributed by atoms with E-state index in [1.54, 1.807) is 11.0 Å². The van der Waals surface area contributed by atoms with Gasteiger partial charge >= 0.3 is 0 Å². The number of benzene rings is 2. The fourth-order valence-electron chi connectivity index (χ4n) is 4.07. The van der Waals surface area contributed by atoms with Crippen molar-refractivity contribution in [3.8, 4) is 5.75 Å². The summed E-state index contributed by atoms with van der Waals surface area (Å²) in [6, 6.07) is 16.1. The van der Waals surface area contributed by atoms with E-state index in [0.29, 0.717) is 17.3 Å². The number of hydrogen-bond acceptors (Lipinski definition) is 4. The molecule has 3 aromatic rings. The van der Waals surface area contributed by atoms with Crippen LogP contribution in [0.5, 0.6) is 5.75 Å². The van der Waals surface area contributed by atoms with Crippen molar-refractivity contribution in [3.05, 3.63) is 82.5 Å². The molecule has 0 spiro atoms. The molecule has 2 aromatic carbocycles. The van der Waals surface area contributed by atoms with Crippen LogP contribution in [-0.2, 0) is 11.3 Å². The lowest BCUT2D eigenvalue weighted by Crippen LogP contribution is -2.35.